The van der Waals surface area contributed by atoms with Crippen LogP contribution in [0.5, 0.6) is 0 Å². The van der Waals surface area contributed by atoms with E-state index in [1.165, 1.54) is 0 Å². The molecule has 152 valence electrons. The Morgan fingerprint density at radius 1 is 1.10 bits per heavy atom. The number of hydrogen-bond donors (Lipinski definition) is 3. The molecule has 0 aliphatic heterocycles. The summed E-state index contributed by atoms with van der Waals surface area (Å²) in [6.45, 7) is 0. The number of hydrogen-bond acceptors (Lipinski definition) is 5. The summed E-state index contributed by atoms with van der Waals surface area (Å²) in [7, 11) is 0. The van der Waals surface area contributed by atoms with Gasteiger partial charge in [-0.1, -0.05) is 12.1 Å². The highest BCUT2D eigenvalue weighted by atomic mass is 16.2. The van der Waals surface area contributed by atoms with Gasteiger partial charge in [-0.15, -0.1) is 0 Å². The number of nitriles is 1. The first-order chi connectivity index (χ1) is 15.0. The van der Waals surface area contributed by atoms with E-state index in [1.807, 2.05) is 18.2 Å². The number of amides is 2. The normalized spacial score (nSPS) is 11.6. The lowest BCUT2D eigenvalue weighted by atomic mass is 10.0. The van der Waals surface area contributed by atoms with E-state index in [2.05, 4.69) is 20.3 Å². The molecule has 0 spiro atoms. The van der Waals surface area contributed by atoms with Crippen molar-refractivity contribution in [1.82, 2.24) is 20.3 Å². The molecule has 2 heterocycles. The van der Waals surface area contributed by atoms with Gasteiger partial charge in [0.05, 0.1) is 22.7 Å². The highest BCUT2D eigenvalue weighted by Crippen LogP contribution is 2.21. The number of imidazole rings is 1. The van der Waals surface area contributed by atoms with E-state index in [0.29, 0.717) is 28.0 Å². The van der Waals surface area contributed by atoms with E-state index in [4.69, 9.17) is 11.0 Å². The predicted octanol–water partition coefficient (Wildman–Crippen LogP) is 2.32. The average molecular weight is 410 g/mol. The Hall–Kier alpha value is -4.51. The summed E-state index contributed by atoms with van der Waals surface area (Å²) in [5.41, 5.74) is 9.47. The number of pyridine rings is 1. The molecule has 4 N–H and O–H groups in total. The van der Waals surface area contributed by atoms with Crippen LogP contribution < -0.4 is 11.1 Å². The van der Waals surface area contributed by atoms with E-state index in [1.54, 1.807) is 54.9 Å². The first kappa shape index (κ1) is 19.8. The molecule has 31 heavy (non-hydrogen) atoms. The predicted molar refractivity (Wildman–Crippen MR) is 115 cm³/mol. The van der Waals surface area contributed by atoms with Crippen LogP contribution in [0.15, 0.2) is 67.0 Å². The molecule has 0 bridgehead atoms. The molecule has 0 aliphatic rings. The molecule has 1 unspecified atom stereocenters. The summed E-state index contributed by atoms with van der Waals surface area (Å²) in [5, 5.41) is 11.6. The van der Waals surface area contributed by atoms with Gasteiger partial charge in [-0.3, -0.25) is 14.6 Å². The zero-order chi connectivity index (χ0) is 21.8. The lowest BCUT2D eigenvalue weighted by Gasteiger charge is -2.15. The zero-order valence-electron chi connectivity index (χ0n) is 16.4. The molecule has 2 amide bonds. The lowest BCUT2D eigenvalue weighted by Crippen LogP contribution is -2.45. The summed E-state index contributed by atoms with van der Waals surface area (Å²) in [6, 6.07) is 16.7. The Bertz CT molecular complexity index is 1290. The molecule has 4 rings (SSSR count). The molecule has 0 saturated carbocycles. The van der Waals surface area contributed by atoms with E-state index in [9.17, 15) is 9.59 Å². The standard InChI is InChI=1S/C23H18N6O2/c24-13-15-3-1-14(2-4-15)11-20(21(25)30)29-23(31)17-5-6-18-19(12-17)28-22(27-18)16-7-9-26-10-8-16/h1-10,12,20H,11H2,(H2,25,30)(H,27,28)(H,29,31). The number of H-pyrrole nitrogens is 1. The van der Waals surface area contributed by atoms with Crippen molar-refractivity contribution in [1.29, 1.82) is 5.26 Å². The largest absolute Gasteiger partial charge is 0.368 e. The minimum atomic E-state index is -0.884. The molecule has 8 nitrogen and oxygen atoms in total. The van der Waals surface area contributed by atoms with Crippen molar-refractivity contribution in [2.75, 3.05) is 0 Å². The monoisotopic (exact) mass is 410 g/mol. The van der Waals surface area contributed by atoms with Crippen molar-refractivity contribution in [3.8, 4) is 17.5 Å². The van der Waals surface area contributed by atoms with E-state index < -0.39 is 17.9 Å². The Labute approximate surface area is 177 Å². The van der Waals surface area contributed by atoms with Gasteiger partial charge in [-0.25, -0.2) is 4.98 Å². The van der Waals surface area contributed by atoms with Crippen LogP contribution in [0.2, 0.25) is 0 Å². The van der Waals surface area contributed by atoms with Crippen LogP contribution >= 0.6 is 0 Å². The molecule has 0 aliphatic carbocycles. The average Bonchev–Trinajstić information content (AvgIpc) is 3.23. The number of benzene rings is 2. The van der Waals surface area contributed by atoms with Crippen LogP contribution in [-0.4, -0.2) is 32.8 Å². The molecule has 2 aromatic heterocycles. The number of fused-ring (bicyclic) bond motifs is 1. The van der Waals surface area contributed by atoms with E-state index >= 15 is 0 Å². The van der Waals surface area contributed by atoms with Gasteiger partial charge < -0.3 is 16.0 Å². The van der Waals surface area contributed by atoms with Crippen molar-refractivity contribution in [2.24, 2.45) is 5.73 Å². The SMILES string of the molecule is N#Cc1ccc(CC(NC(=O)c2ccc3nc(-c4ccncc4)[nH]c3c2)C(N)=O)cc1. The maximum Gasteiger partial charge on any atom is 0.252 e. The number of aromatic amines is 1. The first-order valence-electron chi connectivity index (χ1n) is 9.53. The van der Waals surface area contributed by atoms with Crippen LogP contribution in [0.4, 0.5) is 0 Å². The molecule has 0 saturated heterocycles. The van der Waals surface area contributed by atoms with Crippen molar-refractivity contribution in [3.63, 3.8) is 0 Å². The minimum absolute atomic E-state index is 0.227. The van der Waals surface area contributed by atoms with Crippen LogP contribution in [0, 0.1) is 11.3 Å². The first-order valence-corrected chi connectivity index (χ1v) is 9.53. The molecule has 0 fully saturated rings. The summed E-state index contributed by atoms with van der Waals surface area (Å²) < 4.78 is 0. The topological polar surface area (TPSA) is 138 Å². The van der Waals surface area contributed by atoms with Crippen LogP contribution in [0.3, 0.4) is 0 Å². The van der Waals surface area contributed by atoms with E-state index in [-0.39, 0.29) is 6.42 Å². The summed E-state index contributed by atoms with van der Waals surface area (Å²) >= 11 is 0. The number of carbonyl (C=O) groups is 2. The maximum absolute atomic E-state index is 12.8. The van der Waals surface area contributed by atoms with Crippen LogP contribution in [0.25, 0.3) is 22.4 Å². The Morgan fingerprint density at radius 3 is 2.52 bits per heavy atom. The number of nitrogens with two attached hydrogens (primary N) is 1. The van der Waals surface area contributed by atoms with Gasteiger partial charge in [-0.2, -0.15) is 5.26 Å². The maximum atomic E-state index is 12.8. The number of primary amides is 1. The van der Waals surface area contributed by atoms with Crippen LogP contribution in [-0.2, 0) is 11.2 Å². The fraction of sp³-hybridized carbons (Fsp3) is 0.0870. The minimum Gasteiger partial charge on any atom is -0.368 e. The van der Waals surface area contributed by atoms with Gasteiger partial charge in [0.15, 0.2) is 0 Å². The quantitative estimate of drug-likeness (QED) is 0.448. The molecule has 0 radical (unpaired) electrons. The van der Waals surface area contributed by atoms with Gasteiger partial charge in [0.1, 0.15) is 11.9 Å². The molecule has 8 heteroatoms. The van der Waals surface area contributed by atoms with Gasteiger partial charge in [0.2, 0.25) is 5.91 Å². The summed E-state index contributed by atoms with van der Waals surface area (Å²) in [4.78, 5) is 36.4. The third-order valence-electron chi connectivity index (χ3n) is 4.87. The molecule has 4 aromatic rings. The Kier molecular flexibility index (Phi) is 5.41. The third kappa shape index (κ3) is 4.41. The number of nitrogens with one attached hydrogen (secondary N) is 2. The fourth-order valence-corrected chi connectivity index (χ4v) is 3.21. The molecular weight excluding hydrogens is 392 g/mol. The van der Waals surface area contributed by atoms with Crippen molar-refractivity contribution in [2.45, 2.75) is 12.5 Å². The van der Waals surface area contributed by atoms with Gasteiger partial charge in [0.25, 0.3) is 5.91 Å². The second-order valence-electron chi connectivity index (χ2n) is 6.99. The number of carbonyl (C=O) groups excluding carboxylic acids is 2. The van der Waals surface area contributed by atoms with Crippen LogP contribution in [0.1, 0.15) is 21.5 Å². The van der Waals surface area contributed by atoms with Crippen molar-refractivity contribution < 1.29 is 9.59 Å². The second kappa shape index (κ2) is 8.47. The Morgan fingerprint density at radius 2 is 1.84 bits per heavy atom. The summed E-state index contributed by atoms with van der Waals surface area (Å²) in [5.74, 6) is -0.384. The van der Waals surface area contributed by atoms with Gasteiger partial charge in [-0.05, 0) is 48.0 Å². The second-order valence-corrected chi connectivity index (χ2v) is 6.99. The molecule has 1 atom stereocenters. The number of rotatable bonds is 6. The summed E-state index contributed by atoms with van der Waals surface area (Å²) in [6.07, 6.45) is 3.59. The molecule has 2 aromatic carbocycles. The zero-order valence-corrected chi connectivity index (χ0v) is 16.4. The van der Waals surface area contributed by atoms with Gasteiger partial charge in [0, 0.05) is 29.9 Å². The number of aromatic nitrogens is 3. The van der Waals surface area contributed by atoms with Crippen molar-refractivity contribution >= 4 is 22.8 Å². The highest BCUT2D eigenvalue weighted by molar-refractivity contribution is 6.00. The smallest absolute Gasteiger partial charge is 0.252 e. The highest BCUT2D eigenvalue weighted by Gasteiger charge is 2.20. The lowest BCUT2D eigenvalue weighted by molar-refractivity contribution is -0.119. The molecular formula is C23H18N6O2. The number of nitrogens with zero attached hydrogens (tertiary/aromatic N) is 3. The third-order valence-corrected chi connectivity index (χ3v) is 4.87. The van der Waals surface area contributed by atoms with Crippen molar-refractivity contribution in [3.05, 3.63) is 83.7 Å². The fourth-order valence-electron chi connectivity index (χ4n) is 3.21. The van der Waals surface area contributed by atoms with Gasteiger partial charge >= 0.3 is 0 Å². The van der Waals surface area contributed by atoms with E-state index in [0.717, 1.165) is 11.1 Å². The Balaban J connectivity index is 1.53.